The molecular formula is C23H19F2NO3. The quantitative estimate of drug-likeness (QED) is 0.372. The van der Waals surface area contributed by atoms with Crippen molar-refractivity contribution in [3.05, 3.63) is 76.0 Å². The van der Waals surface area contributed by atoms with E-state index in [0.717, 1.165) is 23.3 Å². The van der Waals surface area contributed by atoms with Crippen molar-refractivity contribution < 1.29 is 17.9 Å². The third-order valence-electron chi connectivity index (χ3n) is 4.90. The highest BCUT2D eigenvalue weighted by Crippen LogP contribution is 2.42. The first-order chi connectivity index (χ1) is 14.0. The van der Waals surface area contributed by atoms with Gasteiger partial charge in [0.05, 0.1) is 12.3 Å². The van der Waals surface area contributed by atoms with Crippen LogP contribution in [0.5, 0.6) is 0 Å². The van der Waals surface area contributed by atoms with Crippen LogP contribution in [0.2, 0.25) is 0 Å². The van der Waals surface area contributed by atoms with E-state index in [1.165, 1.54) is 6.07 Å². The zero-order chi connectivity index (χ0) is 20.5. The highest BCUT2D eigenvalue weighted by atomic mass is 19.1. The molecule has 0 bridgehead atoms. The molecule has 6 heteroatoms. The van der Waals surface area contributed by atoms with E-state index in [4.69, 9.17) is 9.15 Å². The van der Waals surface area contributed by atoms with E-state index < -0.39 is 17.1 Å². The number of hydrogen-bond donors (Lipinski definition) is 1. The molecule has 1 heterocycles. The molecule has 2 aromatic rings. The first-order valence-electron chi connectivity index (χ1n) is 9.18. The Bertz CT molecular complexity index is 1230. The topological polar surface area (TPSA) is 51.5 Å². The van der Waals surface area contributed by atoms with E-state index in [1.54, 1.807) is 13.2 Å². The molecule has 1 aliphatic heterocycles. The van der Waals surface area contributed by atoms with Crippen LogP contribution in [0.3, 0.4) is 0 Å². The Balaban J connectivity index is 2.06. The van der Waals surface area contributed by atoms with Gasteiger partial charge in [0, 0.05) is 42.3 Å². The number of rotatable bonds is 5. The standard InChI is InChI=1S/C23H19F2NO3/c1-13-5-3-4-6-14(13)23-15-9-17(24)19(26-7-8-28-2)11-21(15)29-22-12-20(27)18(25)10-16(22)23/h3-6,9-12,26H,7-8H2,1-2H3. The fraction of sp³-hybridized carbons (Fsp3) is 0.174. The molecule has 2 aliphatic rings. The molecule has 0 saturated carbocycles. The van der Waals surface area contributed by atoms with E-state index >= 15 is 0 Å². The number of hydrogen-bond acceptors (Lipinski definition) is 4. The van der Waals surface area contributed by atoms with Crippen molar-refractivity contribution in [3.8, 4) is 22.5 Å². The van der Waals surface area contributed by atoms with Gasteiger partial charge in [-0.15, -0.1) is 0 Å². The predicted octanol–water partition coefficient (Wildman–Crippen LogP) is 5.21. The van der Waals surface area contributed by atoms with Crippen molar-refractivity contribution >= 4 is 16.7 Å². The van der Waals surface area contributed by atoms with Gasteiger partial charge in [-0.1, -0.05) is 24.3 Å². The number of methoxy groups -OCH3 is 1. The number of aryl methyl sites for hydroxylation is 1. The third-order valence-corrected chi connectivity index (χ3v) is 4.90. The Labute approximate surface area is 166 Å². The Kier molecular flexibility index (Phi) is 5.03. The van der Waals surface area contributed by atoms with E-state index in [9.17, 15) is 13.6 Å². The van der Waals surface area contributed by atoms with Crippen molar-refractivity contribution in [2.24, 2.45) is 0 Å². The maximum absolute atomic E-state index is 14.8. The minimum atomic E-state index is -0.875. The summed E-state index contributed by atoms with van der Waals surface area (Å²) in [5.41, 5.74) is 2.70. The van der Waals surface area contributed by atoms with Crippen LogP contribution in [0, 0.1) is 18.6 Å². The number of anilines is 1. The molecule has 4 rings (SSSR count). The van der Waals surface area contributed by atoms with Crippen molar-refractivity contribution in [2.75, 3.05) is 25.6 Å². The largest absolute Gasteiger partial charge is 0.456 e. The molecule has 2 aromatic carbocycles. The van der Waals surface area contributed by atoms with Gasteiger partial charge in [0.25, 0.3) is 0 Å². The van der Waals surface area contributed by atoms with E-state index in [0.29, 0.717) is 35.2 Å². The Morgan fingerprint density at radius 3 is 2.59 bits per heavy atom. The second kappa shape index (κ2) is 7.64. The number of fused-ring (bicyclic) bond motifs is 2. The molecule has 0 fully saturated rings. The van der Waals surface area contributed by atoms with Gasteiger partial charge < -0.3 is 14.5 Å². The minimum Gasteiger partial charge on any atom is -0.456 e. The van der Waals surface area contributed by atoms with E-state index in [1.807, 2.05) is 31.2 Å². The van der Waals surface area contributed by atoms with Gasteiger partial charge in [-0.05, 0) is 30.2 Å². The summed E-state index contributed by atoms with van der Waals surface area (Å²) < 4.78 is 39.8. The van der Waals surface area contributed by atoms with Crippen LogP contribution in [-0.4, -0.2) is 20.3 Å². The van der Waals surface area contributed by atoms with Crippen LogP contribution >= 0.6 is 0 Å². The maximum Gasteiger partial charge on any atom is 0.217 e. The van der Waals surface area contributed by atoms with Gasteiger partial charge in [-0.3, -0.25) is 4.79 Å². The average Bonchev–Trinajstić information content (AvgIpc) is 2.69. The second-order valence-electron chi connectivity index (χ2n) is 6.82. The summed E-state index contributed by atoms with van der Waals surface area (Å²) in [6.07, 6.45) is 0. The molecular weight excluding hydrogens is 376 g/mol. The van der Waals surface area contributed by atoms with Crippen molar-refractivity contribution in [3.63, 3.8) is 0 Å². The summed E-state index contributed by atoms with van der Waals surface area (Å²) in [7, 11) is 1.56. The van der Waals surface area contributed by atoms with Crippen LogP contribution in [-0.2, 0) is 4.74 Å². The summed E-state index contributed by atoms with van der Waals surface area (Å²) in [6, 6.07) is 12.8. The second-order valence-corrected chi connectivity index (χ2v) is 6.82. The van der Waals surface area contributed by atoms with E-state index in [2.05, 4.69) is 5.32 Å². The summed E-state index contributed by atoms with van der Waals surface area (Å²) in [6.45, 7) is 2.76. The van der Waals surface area contributed by atoms with Crippen LogP contribution in [0.15, 0.2) is 57.7 Å². The normalized spacial score (nSPS) is 11.3. The lowest BCUT2D eigenvalue weighted by Crippen LogP contribution is -2.09. The Hall–Kier alpha value is -3.25. The van der Waals surface area contributed by atoms with Crippen LogP contribution in [0.4, 0.5) is 14.5 Å². The molecule has 0 aromatic heterocycles. The number of ether oxygens (including phenoxy) is 1. The van der Waals surface area contributed by atoms with E-state index in [-0.39, 0.29) is 11.4 Å². The lowest BCUT2D eigenvalue weighted by molar-refractivity contribution is 0.210. The first kappa shape index (κ1) is 19.1. The Morgan fingerprint density at radius 2 is 1.83 bits per heavy atom. The van der Waals surface area contributed by atoms with Crippen molar-refractivity contribution in [2.45, 2.75) is 6.92 Å². The lowest BCUT2D eigenvalue weighted by Gasteiger charge is -2.18. The maximum atomic E-state index is 14.8. The van der Waals surface area contributed by atoms with Crippen molar-refractivity contribution in [1.29, 1.82) is 0 Å². The van der Waals surface area contributed by atoms with Crippen LogP contribution < -0.4 is 10.7 Å². The number of benzene rings is 3. The predicted molar refractivity (Wildman–Crippen MR) is 110 cm³/mol. The zero-order valence-corrected chi connectivity index (χ0v) is 16.0. The van der Waals surface area contributed by atoms with Crippen LogP contribution in [0.1, 0.15) is 5.56 Å². The minimum absolute atomic E-state index is 0.247. The fourth-order valence-corrected chi connectivity index (χ4v) is 3.48. The van der Waals surface area contributed by atoms with Gasteiger partial charge in [-0.2, -0.15) is 0 Å². The number of halogens is 2. The molecule has 1 N–H and O–H groups in total. The lowest BCUT2D eigenvalue weighted by atomic mass is 9.91. The summed E-state index contributed by atoms with van der Waals surface area (Å²) in [5.74, 6) is -1.09. The molecule has 0 amide bonds. The average molecular weight is 395 g/mol. The monoisotopic (exact) mass is 395 g/mol. The van der Waals surface area contributed by atoms with Crippen molar-refractivity contribution in [1.82, 2.24) is 0 Å². The van der Waals surface area contributed by atoms with Gasteiger partial charge >= 0.3 is 0 Å². The highest BCUT2D eigenvalue weighted by Gasteiger charge is 2.21. The molecule has 0 radical (unpaired) electrons. The van der Waals surface area contributed by atoms with Gasteiger partial charge in [-0.25, -0.2) is 8.78 Å². The van der Waals surface area contributed by atoms with Crippen LogP contribution in [0.25, 0.3) is 33.4 Å². The highest BCUT2D eigenvalue weighted by molar-refractivity contribution is 6.03. The molecule has 1 aliphatic carbocycles. The first-order valence-corrected chi connectivity index (χ1v) is 9.18. The molecule has 0 unspecified atom stereocenters. The van der Waals surface area contributed by atoms with Gasteiger partial charge in [0.1, 0.15) is 17.2 Å². The molecule has 0 atom stereocenters. The Morgan fingerprint density at radius 1 is 1.03 bits per heavy atom. The molecule has 4 nitrogen and oxygen atoms in total. The zero-order valence-electron chi connectivity index (χ0n) is 16.0. The summed E-state index contributed by atoms with van der Waals surface area (Å²) >= 11 is 0. The summed E-state index contributed by atoms with van der Waals surface area (Å²) in [4.78, 5) is 11.9. The third kappa shape index (κ3) is 3.47. The molecule has 0 saturated heterocycles. The smallest absolute Gasteiger partial charge is 0.217 e. The van der Waals surface area contributed by atoms with Gasteiger partial charge in [0.15, 0.2) is 5.82 Å². The summed E-state index contributed by atoms with van der Waals surface area (Å²) in [5, 5.41) is 3.46. The molecule has 0 spiro atoms. The fourth-order valence-electron chi connectivity index (χ4n) is 3.48. The number of nitrogens with one attached hydrogen (secondary N) is 1. The molecule has 29 heavy (non-hydrogen) atoms. The van der Waals surface area contributed by atoms with Gasteiger partial charge in [0.2, 0.25) is 5.43 Å². The SMILES string of the molecule is COCCNc1cc2oc3cc(=O)c(F)cc-3c(-c3ccccc3C)c2cc1F. The molecule has 148 valence electrons.